The smallest absolute Gasteiger partial charge is 0.134 e. The lowest BCUT2D eigenvalue weighted by molar-refractivity contribution is -0.0147. The number of hydrogen-bond acceptors (Lipinski definition) is 3. The molecule has 26 heavy (non-hydrogen) atoms. The number of benzene rings is 1. The lowest BCUT2D eigenvalue weighted by atomic mass is 9.54. The fourth-order valence-corrected chi connectivity index (χ4v) is 6.03. The Labute approximate surface area is 155 Å². The van der Waals surface area contributed by atoms with Gasteiger partial charge in [0.05, 0.1) is 12.6 Å². The van der Waals surface area contributed by atoms with Gasteiger partial charge in [-0.1, -0.05) is 24.3 Å². The third-order valence-electron chi connectivity index (χ3n) is 7.08. The number of furan rings is 1. The molecule has 4 aliphatic rings. The number of rotatable bonds is 5. The third kappa shape index (κ3) is 3.01. The van der Waals surface area contributed by atoms with E-state index in [0.29, 0.717) is 6.04 Å². The van der Waals surface area contributed by atoms with Crippen LogP contribution in [0.15, 0.2) is 40.8 Å². The van der Waals surface area contributed by atoms with Crippen molar-refractivity contribution in [1.29, 1.82) is 0 Å². The molecule has 4 fully saturated rings. The van der Waals surface area contributed by atoms with Gasteiger partial charge < -0.3 is 14.8 Å². The fourth-order valence-electron chi connectivity index (χ4n) is 6.03. The van der Waals surface area contributed by atoms with Gasteiger partial charge in [-0.15, -0.1) is 0 Å². The summed E-state index contributed by atoms with van der Waals surface area (Å²) in [6.07, 6.45) is 6.87. The summed E-state index contributed by atoms with van der Waals surface area (Å²) in [6.45, 7) is 2.62. The summed E-state index contributed by atoms with van der Waals surface area (Å²) in [4.78, 5) is 0. The molecular weight excluding hydrogens is 322 g/mol. The SMILES string of the molecule is C[C@@H](O)c1ccc(-c2ccc(CNC3C4CC5CC(C4)CC3C5)o2)cc1. The van der Waals surface area contributed by atoms with Crippen molar-refractivity contribution in [2.24, 2.45) is 23.7 Å². The summed E-state index contributed by atoms with van der Waals surface area (Å²) >= 11 is 0. The molecule has 1 aromatic carbocycles. The first-order valence-electron chi connectivity index (χ1n) is 10.3. The summed E-state index contributed by atoms with van der Waals surface area (Å²) in [7, 11) is 0. The van der Waals surface area contributed by atoms with Crippen molar-refractivity contribution >= 4 is 0 Å². The molecular formula is C23H29NO2. The van der Waals surface area contributed by atoms with Crippen molar-refractivity contribution < 1.29 is 9.52 Å². The van der Waals surface area contributed by atoms with Gasteiger partial charge >= 0.3 is 0 Å². The lowest BCUT2D eigenvalue weighted by Crippen LogP contribution is -2.54. The van der Waals surface area contributed by atoms with Crippen LogP contribution < -0.4 is 5.32 Å². The molecule has 6 rings (SSSR count). The highest BCUT2D eigenvalue weighted by Gasteiger charge is 2.47. The highest BCUT2D eigenvalue weighted by atomic mass is 16.3. The van der Waals surface area contributed by atoms with E-state index in [-0.39, 0.29) is 0 Å². The summed E-state index contributed by atoms with van der Waals surface area (Å²) in [5.74, 6) is 5.77. The van der Waals surface area contributed by atoms with Crippen LogP contribution in [0.25, 0.3) is 11.3 Å². The first kappa shape index (κ1) is 16.6. The molecule has 4 saturated carbocycles. The van der Waals surface area contributed by atoms with E-state index in [1.165, 1.54) is 32.1 Å². The molecule has 0 amide bonds. The standard InChI is InChI=1S/C23H29NO2/c1-14(25)17-2-4-18(5-3-17)22-7-6-21(26-22)13-24-23-19-9-15-8-16(11-19)12-20(23)10-15/h2-7,14-16,19-20,23-25H,8-13H2,1H3/t14-,15?,16?,19?,20?,23?/m1/s1. The van der Waals surface area contributed by atoms with Crippen LogP contribution in [-0.4, -0.2) is 11.1 Å². The van der Waals surface area contributed by atoms with Crippen LogP contribution in [-0.2, 0) is 6.54 Å². The van der Waals surface area contributed by atoms with E-state index < -0.39 is 6.10 Å². The average Bonchev–Trinajstić information content (AvgIpc) is 3.09. The van der Waals surface area contributed by atoms with Gasteiger partial charge in [0.15, 0.2) is 0 Å². The highest BCUT2D eigenvalue weighted by Crippen LogP contribution is 2.53. The summed E-state index contributed by atoms with van der Waals surface area (Å²) in [6, 6.07) is 12.8. The van der Waals surface area contributed by atoms with Gasteiger partial charge in [0.1, 0.15) is 11.5 Å². The van der Waals surface area contributed by atoms with E-state index in [2.05, 4.69) is 17.4 Å². The van der Waals surface area contributed by atoms with Crippen LogP contribution in [0, 0.1) is 23.7 Å². The number of hydrogen-bond donors (Lipinski definition) is 2. The number of aliphatic hydroxyl groups is 1. The van der Waals surface area contributed by atoms with Gasteiger partial charge in [-0.2, -0.15) is 0 Å². The van der Waals surface area contributed by atoms with Crippen molar-refractivity contribution in [2.75, 3.05) is 0 Å². The molecule has 2 N–H and O–H groups in total. The maximum atomic E-state index is 9.64. The lowest BCUT2D eigenvalue weighted by Gasteiger charge is -2.54. The maximum Gasteiger partial charge on any atom is 0.134 e. The van der Waals surface area contributed by atoms with Gasteiger partial charge in [0.25, 0.3) is 0 Å². The Balaban J connectivity index is 1.23. The predicted octanol–water partition coefficient (Wildman–Crippen LogP) is 4.91. The van der Waals surface area contributed by atoms with Crippen LogP contribution in [0.4, 0.5) is 0 Å². The number of nitrogens with one attached hydrogen (secondary N) is 1. The van der Waals surface area contributed by atoms with Crippen molar-refractivity contribution in [3.8, 4) is 11.3 Å². The van der Waals surface area contributed by atoms with Crippen LogP contribution in [0.5, 0.6) is 0 Å². The van der Waals surface area contributed by atoms with Crippen molar-refractivity contribution in [3.63, 3.8) is 0 Å². The Morgan fingerprint density at radius 2 is 1.62 bits per heavy atom. The van der Waals surface area contributed by atoms with Crippen molar-refractivity contribution in [1.82, 2.24) is 5.32 Å². The Kier molecular flexibility index (Phi) is 4.17. The zero-order valence-electron chi connectivity index (χ0n) is 15.5. The minimum Gasteiger partial charge on any atom is -0.460 e. The van der Waals surface area contributed by atoms with Gasteiger partial charge in [0.2, 0.25) is 0 Å². The second-order valence-corrected chi connectivity index (χ2v) is 8.90. The van der Waals surface area contributed by atoms with E-state index in [0.717, 1.165) is 52.9 Å². The van der Waals surface area contributed by atoms with E-state index in [1.807, 2.05) is 24.3 Å². The molecule has 3 heteroatoms. The van der Waals surface area contributed by atoms with E-state index in [4.69, 9.17) is 4.42 Å². The summed E-state index contributed by atoms with van der Waals surface area (Å²) in [5, 5.41) is 13.5. The van der Waals surface area contributed by atoms with Gasteiger partial charge in [-0.25, -0.2) is 0 Å². The molecule has 3 nitrogen and oxygen atoms in total. The Morgan fingerprint density at radius 1 is 0.962 bits per heavy atom. The van der Waals surface area contributed by atoms with Gasteiger partial charge in [0, 0.05) is 11.6 Å². The Morgan fingerprint density at radius 3 is 2.23 bits per heavy atom. The molecule has 1 atom stereocenters. The van der Waals surface area contributed by atoms with Gasteiger partial charge in [-0.05, 0) is 80.4 Å². The molecule has 138 valence electrons. The molecule has 4 aliphatic carbocycles. The molecule has 0 aliphatic heterocycles. The first-order chi connectivity index (χ1) is 12.7. The Bertz CT molecular complexity index is 733. The van der Waals surface area contributed by atoms with Crippen molar-refractivity contribution in [3.05, 3.63) is 47.7 Å². The summed E-state index contributed by atoms with van der Waals surface area (Å²) in [5.41, 5.74) is 2.00. The zero-order chi connectivity index (χ0) is 17.7. The normalized spacial score (nSPS) is 33.5. The average molecular weight is 351 g/mol. The summed E-state index contributed by atoms with van der Waals surface area (Å²) < 4.78 is 6.09. The molecule has 0 unspecified atom stereocenters. The van der Waals surface area contributed by atoms with Gasteiger partial charge in [-0.3, -0.25) is 0 Å². The molecule has 0 spiro atoms. The van der Waals surface area contributed by atoms with E-state index in [1.54, 1.807) is 6.92 Å². The number of aliphatic hydroxyl groups excluding tert-OH is 1. The molecule has 4 bridgehead atoms. The molecule has 2 aromatic rings. The monoisotopic (exact) mass is 351 g/mol. The van der Waals surface area contributed by atoms with E-state index >= 15 is 0 Å². The van der Waals surface area contributed by atoms with Crippen LogP contribution in [0.2, 0.25) is 0 Å². The predicted molar refractivity (Wildman–Crippen MR) is 102 cm³/mol. The molecule has 1 aromatic heterocycles. The minimum absolute atomic E-state index is 0.429. The molecule has 0 saturated heterocycles. The zero-order valence-corrected chi connectivity index (χ0v) is 15.5. The topological polar surface area (TPSA) is 45.4 Å². The fraction of sp³-hybridized carbons (Fsp3) is 0.565. The minimum atomic E-state index is -0.429. The second-order valence-electron chi connectivity index (χ2n) is 8.90. The maximum absolute atomic E-state index is 9.64. The van der Waals surface area contributed by atoms with Crippen LogP contribution >= 0.6 is 0 Å². The highest BCUT2D eigenvalue weighted by molar-refractivity contribution is 5.58. The quantitative estimate of drug-likeness (QED) is 0.804. The van der Waals surface area contributed by atoms with E-state index in [9.17, 15) is 5.11 Å². The van der Waals surface area contributed by atoms with Crippen molar-refractivity contribution in [2.45, 2.75) is 57.7 Å². The van der Waals surface area contributed by atoms with Crippen LogP contribution in [0.3, 0.4) is 0 Å². The first-order valence-corrected chi connectivity index (χ1v) is 10.3. The largest absolute Gasteiger partial charge is 0.460 e. The Hall–Kier alpha value is -1.58. The second kappa shape index (κ2) is 6.54. The molecule has 0 radical (unpaired) electrons. The molecule has 1 heterocycles. The van der Waals surface area contributed by atoms with Crippen LogP contribution in [0.1, 0.15) is 56.5 Å². The third-order valence-corrected chi connectivity index (χ3v) is 7.08.